The third-order valence-electron chi connectivity index (χ3n) is 1.58. The number of nitrogens with two attached hydrogens (primary N) is 2. The molecule has 0 aromatic heterocycles. The van der Waals surface area contributed by atoms with Gasteiger partial charge in [-0.15, -0.1) is 0 Å². The molecule has 0 saturated heterocycles. The number of anilines is 1. The van der Waals surface area contributed by atoms with Crippen molar-refractivity contribution < 1.29 is 9.53 Å². The molecule has 1 amide bonds. The predicted octanol–water partition coefficient (Wildman–Crippen LogP) is 1.18. The lowest BCUT2D eigenvalue weighted by atomic mass is 10.3. The molecule has 0 bridgehead atoms. The normalized spacial score (nSPS) is 9.79. The van der Waals surface area contributed by atoms with Crippen LogP contribution in [0.1, 0.15) is 6.42 Å². The molecule has 0 heterocycles. The summed E-state index contributed by atoms with van der Waals surface area (Å²) in [6.07, 6.45) is 0.169. The Kier molecular flexibility index (Phi) is 3.59. The molecule has 0 radical (unpaired) electrons. The zero-order chi connectivity index (χ0) is 10.6. The van der Waals surface area contributed by atoms with Crippen molar-refractivity contribution in [3.63, 3.8) is 0 Å². The van der Waals surface area contributed by atoms with Crippen molar-refractivity contribution in [2.75, 3.05) is 12.3 Å². The van der Waals surface area contributed by atoms with Gasteiger partial charge in [-0.05, 0) is 18.2 Å². The molecule has 0 atom stereocenters. The first-order chi connectivity index (χ1) is 6.59. The van der Waals surface area contributed by atoms with Gasteiger partial charge in [0.15, 0.2) is 0 Å². The van der Waals surface area contributed by atoms with E-state index in [9.17, 15) is 4.79 Å². The molecular weight excluding hydrogens is 204 g/mol. The van der Waals surface area contributed by atoms with E-state index in [-0.39, 0.29) is 13.0 Å². The topological polar surface area (TPSA) is 78.3 Å². The van der Waals surface area contributed by atoms with Crippen LogP contribution in [0.3, 0.4) is 0 Å². The number of ether oxygens (including phenoxy) is 1. The molecule has 5 heteroatoms. The van der Waals surface area contributed by atoms with Crippen LogP contribution >= 0.6 is 11.6 Å². The highest BCUT2D eigenvalue weighted by Crippen LogP contribution is 2.24. The summed E-state index contributed by atoms with van der Waals surface area (Å²) in [4.78, 5) is 10.4. The first-order valence-electron chi connectivity index (χ1n) is 4.05. The molecule has 76 valence electrons. The van der Waals surface area contributed by atoms with Crippen LogP contribution < -0.4 is 16.2 Å². The second-order valence-electron chi connectivity index (χ2n) is 2.75. The maximum Gasteiger partial charge on any atom is 0.220 e. The summed E-state index contributed by atoms with van der Waals surface area (Å²) in [7, 11) is 0. The van der Waals surface area contributed by atoms with Crippen molar-refractivity contribution in [1.82, 2.24) is 0 Å². The van der Waals surface area contributed by atoms with E-state index < -0.39 is 5.91 Å². The van der Waals surface area contributed by atoms with Gasteiger partial charge in [-0.3, -0.25) is 4.79 Å². The average molecular weight is 215 g/mol. The molecule has 0 fully saturated rings. The first kappa shape index (κ1) is 10.7. The zero-order valence-electron chi connectivity index (χ0n) is 7.50. The number of nitrogen functional groups attached to an aromatic ring is 1. The third-order valence-corrected chi connectivity index (χ3v) is 1.81. The highest BCUT2D eigenvalue weighted by atomic mass is 35.5. The highest BCUT2D eigenvalue weighted by Gasteiger charge is 2.01. The molecule has 0 spiro atoms. The number of carbonyl (C=O) groups is 1. The summed E-state index contributed by atoms with van der Waals surface area (Å²) >= 11 is 5.69. The summed E-state index contributed by atoms with van der Waals surface area (Å²) < 4.78 is 5.22. The summed E-state index contributed by atoms with van der Waals surface area (Å²) in [6, 6.07) is 4.90. The number of hydrogen-bond acceptors (Lipinski definition) is 3. The van der Waals surface area contributed by atoms with Gasteiger partial charge >= 0.3 is 0 Å². The maximum absolute atomic E-state index is 10.4. The van der Waals surface area contributed by atoms with Crippen LogP contribution in [0.2, 0.25) is 5.02 Å². The lowest BCUT2D eigenvalue weighted by molar-refractivity contribution is -0.118. The minimum Gasteiger partial charge on any atom is -0.491 e. The summed E-state index contributed by atoms with van der Waals surface area (Å²) in [5, 5.41) is 0.546. The number of halogens is 1. The van der Waals surface area contributed by atoms with E-state index in [1.165, 1.54) is 0 Å². The highest BCUT2D eigenvalue weighted by molar-refractivity contribution is 6.30. The Balaban J connectivity index is 2.55. The molecule has 4 N–H and O–H groups in total. The van der Waals surface area contributed by atoms with Crippen LogP contribution in [-0.4, -0.2) is 12.5 Å². The fourth-order valence-corrected chi connectivity index (χ4v) is 1.09. The van der Waals surface area contributed by atoms with Gasteiger partial charge in [-0.1, -0.05) is 11.6 Å². The first-order valence-corrected chi connectivity index (χ1v) is 4.43. The molecule has 4 nitrogen and oxygen atoms in total. The molecule has 0 saturated carbocycles. The van der Waals surface area contributed by atoms with Crippen molar-refractivity contribution in [2.24, 2.45) is 5.73 Å². The number of primary amides is 1. The largest absolute Gasteiger partial charge is 0.491 e. The Bertz CT molecular complexity index is 342. The zero-order valence-corrected chi connectivity index (χ0v) is 8.25. The van der Waals surface area contributed by atoms with Gasteiger partial charge in [-0.25, -0.2) is 0 Å². The second kappa shape index (κ2) is 4.72. The van der Waals surface area contributed by atoms with Crippen LogP contribution in [0, 0.1) is 0 Å². The van der Waals surface area contributed by atoms with Crippen LogP contribution in [0.25, 0.3) is 0 Å². The Labute approximate surface area is 86.8 Å². The quantitative estimate of drug-likeness (QED) is 0.739. The smallest absolute Gasteiger partial charge is 0.220 e. The average Bonchev–Trinajstić information content (AvgIpc) is 2.08. The van der Waals surface area contributed by atoms with E-state index in [0.29, 0.717) is 16.5 Å². The number of benzene rings is 1. The van der Waals surface area contributed by atoms with Crippen molar-refractivity contribution in [1.29, 1.82) is 0 Å². The van der Waals surface area contributed by atoms with E-state index in [2.05, 4.69) is 0 Å². The van der Waals surface area contributed by atoms with Gasteiger partial charge in [0.2, 0.25) is 5.91 Å². The van der Waals surface area contributed by atoms with Crippen molar-refractivity contribution in [3.05, 3.63) is 23.2 Å². The van der Waals surface area contributed by atoms with E-state index >= 15 is 0 Å². The lowest BCUT2D eigenvalue weighted by Gasteiger charge is -2.07. The van der Waals surface area contributed by atoms with E-state index in [1.807, 2.05) is 0 Å². The minimum absolute atomic E-state index is 0.169. The molecule has 0 aliphatic rings. The van der Waals surface area contributed by atoms with Crippen LogP contribution in [0.4, 0.5) is 5.69 Å². The predicted molar refractivity (Wildman–Crippen MR) is 55.2 cm³/mol. The fourth-order valence-electron chi connectivity index (χ4n) is 0.912. The molecule has 1 aromatic carbocycles. The standard InChI is InChI=1S/C9H11ClN2O2/c10-6-1-2-8(7(11)5-6)14-4-3-9(12)13/h1-2,5H,3-4,11H2,(H2,12,13). The van der Waals surface area contributed by atoms with E-state index in [1.54, 1.807) is 18.2 Å². The minimum atomic E-state index is -0.405. The SMILES string of the molecule is NC(=O)CCOc1ccc(Cl)cc1N. The fraction of sp³-hybridized carbons (Fsp3) is 0.222. The van der Waals surface area contributed by atoms with Crippen LogP contribution in [-0.2, 0) is 4.79 Å². The van der Waals surface area contributed by atoms with Gasteiger partial charge in [0.05, 0.1) is 18.7 Å². The van der Waals surface area contributed by atoms with Crippen LogP contribution in [0.15, 0.2) is 18.2 Å². The molecule has 0 unspecified atom stereocenters. The monoisotopic (exact) mass is 214 g/mol. The van der Waals surface area contributed by atoms with Crippen molar-refractivity contribution in [2.45, 2.75) is 6.42 Å². The summed E-state index contributed by atoms with van der Waals surface area (Å²) in [6.45, 7) is 0.223. The number of hydrogen-bond donors (Lipinski definition) is 2. The van der Waals surface area contributed by atoms with E-state index in [0.717, 1.165) is 0 Å². The number of carbonyl (C=O) groups excluding carboxylic acids is 1. The van der Waals surface area contributed by atoms with Crippen molar-refractivity contribution >= 4 is 23.2 Å². The van der Waals surface area contributed by atoms with Crippen molar-refractivity contribution in [3.8, 4) is 5.75 Å². The molecule has 0 aliphatic carbocycles. The van der Waals surface area contributed by atoms with Gasteiger partial charge in [0, 0.05) is 5.02 Å². The third kappa shape index (κ3) is 3.14. The Morgan fingerprint density at radius 1 is 1.50 bits per heavy atom. The van der Waals surface area contributed by atoms with Gasteiger partial charge in [-0.2, -0.15) is 0 Å². The molecule has 1 aromatic rings. The van der Waals surface area contributed by atoms with E-state index in [4.69, 9.17) is 27.8 Å². The Morgan fingerprint density at radius 2 is 2.21 bits per heavy atom. The molecule has 0 aliphatic heterocycles. The molecule has 1 rings (SSSR count). The molecular formula is C9H11ClN2O2. The van der Waals surface area contributed by atoms with Gasteiger partial charge in [0.1, 0.15) is 5.75 Å². The second-order valence-corrected chi connectivity index (χ2v) is 3.18. The summed E-state index contributed by atoms with van der Waals surface area (Å²) in [5.74, 6) is 0.105. The number of amides is 1. The number of rotatable bonds is 4. The Morgan fingerprint density at radius 3 is 2.79 bits per heavy atom. The summed E-state index contributed by atoms with van der Waals surface area (Å²) in [5.41, 5.74) is 11.0. The maximum atomic E-state index is 10.4. The van der Waals surface area contributed by atoms with Gasteiger partial charge < -0.3 is 16.2 Å². The Hall–Kier alpha value is -1.42. The molecule has 14 heavy (non-hydrogen) atoms. The van der Waals surface area contributed by atoms with Crippen LogP contribution in [0.5, 0.6) is 5.75 Å². The lowest BCUT2D eigenvalue weighted by Crippen LogP contribution is -2.14. The van der Waals surface area contributed by atoms with Gasteiger partial charge in [0.25, 0.3) is 0 Å².